The van der Waals surface area contributed by atoms with Crippen molar-refractivity contribution in [3.05, 3.63) is 95.1 Å². The molecule has 1 aliphatic heterocycles. The van der Waals surface area contributed by atoms with Crippen LogP contribution in [0.15, 0.2) is 71.9 Å². The number of aromatic carboxylic acids is 1. The van der Waals surface area contributed by atoms with Crippen molar-refractivity contribution in [3.63, 3.8) is 0 Å². The summed E-state index contributed by atoms with van der Waals surface area (Å²) >= 11 is 0. The van der Waals surface area contributed by atoms with Crippen molar-refractivity contribution in [2.45, 2.75) is 84.7 Å². The number of sulfonamides is 1. The van der Waals surface area contributed by atoms with Crippen LogP contribution in [0.2, 0.25) is 0 Å². The largest absolute Gasteiger partial charge is 0.478 e. The molecule has 3 atom stereocenters. The monoisotopic (exact) mass is 712 g/mol. The van der Waals surface area contributed by atoms with Gasteiger partial charge in [0.15, 0.2) is 0 Å². The van der Waals surface area contributed by atoms with Crippen LogP contribution in [0.5, 0.6) is 5.88 Å². The summed E-state index contributed by atoms with van der Waals surface area (Å²) < 4.78 is 35.8. The van der Waals surface area contributed by atoms with E-state index in [1.807, 2.05) is 50.5 Å². The van der Waals surface area contributed by atoms with Crippen LogP contribution in [-0.4, -0.2) is 52.1 Å². The third-order valence-electron chi connectivity index (χ3n) is 9.09. The number of hydrogen-bond donors (Lipinski definition) is 3. The van der Waals surface area contributed by atoms with Crippen molar-refractivity contribution < 1.29 is 23.1 Å². The van der Waals surface area contributed by atoms with Crippen LogP contribution in [0.1, 0.15) is 92.8 Å². The molecule has 3 N–H and O–H groups in total. The van der Waals surface area contributed by atoms with Crippen molar-refractivity contribution in [3.8, 4) is 17.1 Å². The molecule has 4 aromatic rings. The Bertz CT molecular complexity index is 1970. The highest BCUT2D eigenvalue weighted by Crippen LogP contribution is 2.33. The van der Waals surface area contributed by atoms with Gasteiger partial charge in [-0.2, -0.15) is 4.98 Å². The van der Waals surface area contributed by atoms with Crippen molar-refractivity contribution in [2.75, 3.05) is 11.3 Å². The Morgan fingerprint density at radius 2 is 1.76 bits per heavy atom. The maximum absolute atomic E-state index is 13.5. The normalized spacial score (nSPS) is 18.5. The Balaban J connectivity index is 1.44. The van der Waals surface area contributed by atoms with Gasteiger partial charge in [0.2, 0.25) is 11.8 Å². The van der Waals surface area contributed by atoms with Crippen molar-refractivity contribution in [2.24, 2.45) is 17.3 Å². The van der Waals surface area contributed by atoms with E-state index in [0.717, 1.165) is 53.4 Å². The fourth-order valence-corrected chi connectivity index (χ4v) is 7.41. The van der Waals surface area contributed by atoms with Crippen LogP contribution < -0.4 is 14.8 Å². The van der Waals surface area contributed by atoms with Crippen LogP contribution in [0.25, 0.3) is 17.3 Å². The number of benzene rings is 2. The first-order valence-corrected chi connectivity index (χ1v) is 18.8. The third-order valence-corrected chi connectivity index (χ3v) is 10.4. The second-order valence-electron chi connectivity index (χ2n) is 14.7. The third kappa shape index (κ3) is 9.77. The highest BCUT2D eigenvalue weighted by molar-refractivity contribution is 7.92. The molecule has 3 heterocycles. The van der Waals surface area contributed by atoms with Crippen molar-refractivity contribution in [1.29, 1.82) is 0 Å². The Labute approximate surface area is 301 Å². The quantitative estimate of drug-likeness (QED) is 0.141. The standard InChI is InChI=1S/C39H48N6O5S/c1-24(2)30-15-10-16-31(33-22-40-28(21-41-33)17-18-39(5,6)7)42-34(30)23-50-35-20-32(36-25(3)11-8-12-26(36)4)43-38(44-35)45-51(48,49)29-14-9-13-27(19-29)37(46)47/h8-9,11-14,17-22,24,30-31,34,42H,10,15-16,23H2,1-7H3,(H,46,47)(H,43,44,45)/t30?,31-,34-/m0/s1. The minimum atomic E-state index is -4.24. The molecular formula is C39H48N6O5S. The number of anilines is 1. The van der Waals surface area contributed by atoms with E-state index < -0.39 is 16.0 Å². The van der Waals surface area contributed by atoms with Gasteiger partial charge < -0.3 is 15.2 Å². The summed E-state index contributed by atoms with van der Waals surface area (Å²) in [6.45, 7) is 15.1. The van der Waals surface area contributed by atoms with E-state index in [4.69, 9.17) is 9.72 Å². The number of rotatable bonds is 11. The van der Waals surface area contributed by atoms with Gasteiger partial charge >= 0.3 is 5.97 Å². The average Bonchev–Trinajstić information content (AvgIpc) is 3.29. The predicted octanol–water partition coefficient (Wildman–Crippen LogP) is 7.64. The molecule has 1 unspecified atom stereocenters. The maximum Gasteiger partial charge on any atom is 0.335 e. The minimum absolute atomic E-state index is 0.0185. The van der Waals surface area contributed by atoms with Gasteiger partial charge in [-0.25, -0.2) is 22.9 Å². The molecule has 5 rings (SSSR count). The molecule has 12 heteroatoms. The second kappa shape index (κ2) is 15.7. The summed E-state index contributed by atoms with van der Waals surface area (Å²) in [7, 11) is -4.24. The molecule has 0 amide bonds. The Morgan fingerprint density at radius 3 is 2.41 bits per heavy atom. The minimum Gasteiger partial charge on any atom is -0.478 e. The van der Waals surface area contributed by atoms with E-state index >= 15 is 0 Å². The molecule has 0 bridgehead atoms. The molecule has 0 saturated carbocycles. The molecule has 51 heavy (non-hydrogen) atoms. The van der Waals surface area contributed by atoms with E-state index in [0.29, 0.717) is 17.5 Å². The predicted molar refractivity (Wildman–Crippen MR) is 199 cm³/mol. The average molecular weight is 713 g/mol. The number of aryl methyl sites for hydroxylation is 2. The molecule has 0 aliphatic carbocycles. The van der Waals surface area contributed by atoms with Gasteiger partial charge in [-0.05, 0) is 79.3 Å². The first-order chi connectivity index (χ1) is 24.1. The lowest BCUT2D eigenvalue weighted by Crippen LogP contribution is -2.43. The maximum atomic E-state index is 13.5. The molecular weight excluding hydrogens is 665 g/mol. The molecule has 1 aliphatic rings. The Kier molecular flexibility index (Phi) is 11.6. The van der Waals surface area contributed by atoms with Gasteiger partial charge in [0.05, 0.1) is 46.0 Å². The zero-order valence-electron chi connectivity index (χ0n) is 30.3. The van der Waals surface area contributed by atoms with Gasteiger partial charge in [-0.15, -0.1) is 0 Å². The van der Waals surface area contributed by atoms with E-state index in [1.165, 1.54) is 18.2 Å². The zero-order chi connectivity index (χ0) is 36.9. The highest BCUT2D eigenvalue weighted by atomic mass is 32.2. The lowest BCUT2D eigenvalue weighted by atomic mass is 9.85. The number of carbonyl (C=O) groups is 1. The van der Waals surface area contributed by atoms with Crippen molar-refractivity contribution in [1.82, 2.24) is 25.3 Å². The van der Waals surface area contributed by atoms with Crippen LogP contribution in [0.4, 0.5) is 5.95 Å². The molecule has 2 aromatic heterocycles. The summed E-state index contributed by atoms with van der Waals surface area (Å²) in [5, 5.41) is 13.2. The lowest BCUT2D eigenvalue weighted by molar-refractivity contribution is 0.0696. The number of nitrogens with one attached hydrogen (secondary N) is 2. The van der Waals surface area contributed by atoms with Gasteiger partial charge in [-0.1, -0.05) is 71.4 Å². The summed E-state index contributed by atoms with van der Waals surface area (Å²) in [5.74, 6) is -0.535. The topological polar surface area (TPSA) is 156 Å². The van der Waals surface area contributed by atoms with E-state index in [9.17, 15) is 18.3 Å². The number of allylic oxidation sites excluding steroid dienone is 1. The fourth-order valence-electron chi connectivity index (χ4n) is 6.42. The second-order valence-corrected chi connectivity index (χ2v) is 16.3. The molecule has 2 aromatic carbocycles. The van der Waals surface area contributed by atoms with Crippen molar-refractivity contribution >= 4 is 28.0 Å². The van der Waals surface area contributed by atoms with Crippen LogP contribution in [-0.2, 0) is 10.0 Å². The molecule has 1 saturated heterocycles. The smallest absolute Gasteiger partial charge is 0.335 e. The van der Waals surface area contributed by atoms with Gasteiger partial charge in [0.1, 0.15) is 6.61 Å². The molecule has 0 radical (unpaired) electrons. The number of carboxylic acid groups (broad SMARTS) is 1. The Morgan fingerprint density at radius 1 is 1.04 bits per heavy atom. The lowest BCUT2D eigenvalue weighted by Gasteiger charge is -2.30. The number of nitrogens with zero attached hydrogens (tertiary/aromatic N) is 4. The summed E-state index contributed by atoms with van der Waals surface area (Å²) in [6, 6.07) is 12.7. The van der Waals surface area contributed by atoms with Crippen LogP contribution in [0.3, 0.4) is 0 Å². The number of hydrogen-bond acceptors (Lipinski definition) is 9. The molecule has 11 nitrogen and oxygen atoms in total. The summed E-state index contributed by atoms with van der Waals surface area (Å²) in [6.07, 6.45) is 10.7. The Hall–Kier alpha value is -4.68. The number of aromatic nitrogens is 4. The van der Waals surface area contributed by atoms with Gasteiger partial charge in [-0.3, -0.25) is 9.97 Å². The molecule has 270 valence electrons. The van der Waals surface area contributed by atoms with Crippen LogP contribution >= 0.6 is 0 Å². The molecule has 1 fully saturated rings. The van der Waals surface area contributed by atoms with Crippen LogP contribution in [0, 0.1) is 31.1 Å². The zero-order valence-corrected chi connectivity index (χ0v) is 31.2. The highest BCUT2D eigenvalue weighted by Gasteiger charge is 2.32. The van der Waals surface area contributed by atoms with E-state index in [1.54, 1.807) is 6.07 Å². The first kappa shape index (κ1) is 37.6. The summed E-state index contributed by atoms with van der Waals surface area (Å²) in [4.78, 5) is 29.8. The first-order valence-electron chi connectivity index (χ1n) is 17.3. The van der Waals surface area contributed by atoms with Gasteiger partial charge in [0, 0.05) is 17.7 Å². The summed E-state index contributed by atoms with van der Waals surface area (Å²) in [5.41, 5.74) is 4.83. The number of ether oxygens (including phenoxy) is 1. The van der Waals surface area contributed by atoms with Gasteiger partial charge in [0.25, 0.3) is 10.0 Å². The number of carboxylic acids is 1. The van der Waals surface area contributed by atoms with E-state index in [2.05, 4.69) is 65.7 Å². The SMILES string of the molecule is Cc1cccc(C)c1-c1cc(OC[C@@H]2N[C@H](c3cnc(C=CC(C)(C)C)cn3)CCCC2C(C)C)nc(NS(=O)(=O)c2cccc(C(=O)O)c2)n1. The van der Waals surface area contributed by atoms with E-state index in [-0.39, 0.29) is 46.4 Å². The fraction of sp³-hybridized carbons (Fsp3) is 0.410. The molecule has 0 spiro atoms.